The topological polar surface area (TPSA) is 97.0 Å². The summed E-state index contributed by atoms with van der Waals surface area (Å²) in [7, 11) is 0. The molecule has 1 fully saturated rings. The molecule has 0 aliphatic carbocycles. The van der Waals surface area contributed by atoms with Crippen LogP contribution in [0.2, 0.25) is 0 Å². The van der Waals surface area contributed by atoms with E-state index in [1.807, 2.05) is 20.8 Å². The van der Waals surface area contributed by atoms with Gasteiger partial charge in [0.15, 0.2) is 11.5 Å². The van der Waals surface area contributed by atoms with E-state index in [1.54, 1.807) is 23.1 Å². The molecular formula is C19H25N3O5. The SMILES string of the molecule is CC(C)(C)NC(=O)CNC(=O)[C@@H]1CC(=O)N(c2ccc3c(c2)OCCO3)C1. The van der Waals surface area contributed by atoms with E-state index < -0.39 is 5.92 Å². The fourth-order valence-electron chi connectivity index (χ4n) is 3.11. The maximum absolute atomic E-state index is 12.4. The first-order chi connectivity index (χ1) is 12.7. The van der Waals surface area contributed by atoms with Gasteiger partial charge in [-0.1, -0.05) is 0 Å². The molecule has 1 aromatic rings. The first-order valence-corrected chi connectivity index (χ1v) is 9.02. The molecule has 8 nitrogen and oxygen atoms in total. The van der Waals surface area contributed by atoms with Gasteiger partial charge in [-0.2, -0.15) is 0 Å². The number of nitrogens with zero attached hydrogens (tertiary/aromatic N) is 1. The summed E-state index contributed by atoms with van der Waals surface area (Å²) < 4.78 is 11.0. The summed E-state index contributed by atoms with van der Waals surface area (Å²) in [6.07, 6.45) is 0.112. The molecule has 2 aliphatic heterocycles. The highest BCUT2D eigenvalue weighted by Crippen LogP contribution is 2.35. The summed E-state index contributed by atoms with van der Waals surface area (Å²) in [5.41, 5.74) is 0.310. The first kappa shape index (κ1) is 19.0. The Kier molecular flexibility index (Phi) is 5.25. The summed E-state index contributed by atoms with van der Waals surface area (Å²) in [4.78, 5) is 38.1. The summed E-state index contributed by atoms with van der Waals surface area (Å²) >= 11 is 0. The molecule has 27 heavy (non-hydrogen) atoms. The van der Waals surface area contributed by atoms with E-state index in [0.717, 1.165) is 0 Å². The number of hydrogen-bond donors (Lipinski definition) is 2. The molecule has 0 spiro atoms. The molecule has 3 amide bonds. The number of ether oxygens (including phenoxy) is 2. The summed E-state index contributed by atoms with van der Waals surface area (Å²) in [6.45, 7) is 6.73. The molecule has 0 saturated carbocycles. The summed E-state index contributed by atoms with van der Waals surface area (Å²) in [5, 5.41) is 5.40. The lowest BCUT2D eigenvalue weighted by Gasteiger charge is -2.22. The van der Waals surface area contributed by atoms with Gasteiger partial charge in [0.25, 0.3) is 0 Å². The van der Waals surface area contributed by atoms with E-state index in [4.69, 9.17) is 9.47 Å². The maximum Gasteiger partial charge on any atom is 0.239 e. The first-order valence-electron chi connectivity index (χ1n) is 9.02. The molecule has 2 heterocycles. The van der Waals surface area contributed by atoms with E-state index in [1.165, 1.54) is 0 Å². The third kappa shape index (κ3) is 4.69. The van der Waals surface area contributed by atoms with E-state index in [-0.39, 0.29) is 42.8 Å². The van der Waals surface area contributed by atoms with Gasteiger partial charge in [-0.25, -0.2) is 0 Å². The summed E-state index contributed by atoms with van der Waals surface area (Å²) in [5.74, 6) is 0.0597. The maximum atomic E-state index is 12.4. The van der Waals surface area contributed by atoms with Gasteiger partial charge in [-0.05, 0) is 32.9 Å². The molecule has 146 valence electrons. The second-order valence-corrected chi connectivity index (χ2v) is 7.75. The van der Waals surface area contributed by atoms with Crippen molar-refractivity contribution in [3.63, 3.8) is 0 Å². The number of hydrogen-bond acceptors (Lipinski definition) is 5. The highest BCUT2D eigenvalue weighted by atomic mass is 16.6. The smallest absolute Gasteiger partial charge is 0.239 e. The van der Waals surface area contributed by atoms with Gasteiger partial charge in [-0.15, -0.1) is 0 Å². The van der Waals surface area contributed by atoms with Crippen LogP contribution >= 0.6 is 0 Å². The lowest BCUT2D eigenvalue weighted by molar-refractivity contribution is -0.129. The minimum absolute atomic E-state index is 0.106. The Balaban J connectivity index is 1.58. The van der Waals surface area contributed by atoms with Crippen LogP contribution < -0.4 is 25.0 Å². The van der Waals surface area contributed by atoms with Crippen molar-refractivity contribution < 1.29 is 23.9 Å². The van der Waals surface area contributed by atoms with Gasteiger partial charge in [-0.3, -0.25) is 14.4 Å². The molecule has 1 atom stereocenters. The Bertz CT molecular complexity index is 756. The molecule has 1 aromatic carbocycles. The van der Waals surface area contributed by atoms with Crippen molar-refractivity contribution in [3.05, 3.63) is 18.2 Å². The largest absolute Gasteiger partial charge is 0.486 e. The fraction of sp³-hybridized carbons (Fsp3) is 0.526. The highest BCUT2D eigenvalue weighted by Gasteiger charge is 2.35. The fourth-order valence-corrected chi connectivity index (χ4v) is 3.11. The van der Waals surface area contributed by atoms with Gasteiger partial charge in [0.2, 0.25) is 17.7 Å². The number of rotatable bonds is 4. The minimum Gasteiger partial charge on any atom is -0.486 e. The average molecular weight is 375 g/mol. The van der Waals surface area contributed by atoms with Gasteiger partial charge in [0.1, 0.15) is 13.2 Å². The number of fused-ring (bicyclic) bond motifs is 1. The lowest BCUT2D eigenvalue weighted by Crippen LogP contribution is -2.46. The number of anilines is 1. The molecule has 0 aromatic heterocycles. The van der Waals surface area contributed by atoms with E-state index >= 15 is 0 Å². The number of carbonyl (C=O) groups excluding carboxylic acids is 3. The van der Waals surface area contributed by atoms with Crippen molar-refractivity contribution in [1.82, 2.24) is 10.6 Å². The van der Waals surface area contributed by atoms with Gasteiger partial charge in [0.05, 0.1) is 12.5 Å². The van der Waals surface area contributed by atoms with Gasteiger partial charge < -0.3 is 25.0 Å². The van der Waals surface area contributed by atoms with Crippen molar-refractivity contribution in [2.24, 2.45) is 5.92 Å². The van der Waals surface area contributed by atoms with Crippen LogP contribution in [0, 0.1) is 5.92 Å². The Morgan fingerprint density at radius 2 is 1.89 bits per heavy atom. The monoisotopic (exact) mass is 375 g/mol. The van der Waals surface area contributed by atoms with Crippen LogP contribution in [0.4, 0.5) is 5.69 Å². The average Bonchev–Trinajstić information content (AvgIpc) is 2.99. The Morgan fingerprint density at radius 3 is 2.59 bits per heavy atom. The summed E-state index contributed by atoms with van der Waals surface area (Å²) in [6, 6.07) is 5.30. The van der Waals surface area contributed by atoms with E-state index in [2.05, 4.69) is 10.6 Å². The predicted octanol–water partition coefficient (Wildman–Crippen LogP) is 0.842. The predicted molar refractivity (Wildman–Crippen MR) is 98.8 cm³/mol. The molecular weight excluding hydrogens is 350 g/mol. The lowest BCUT2D eigenvalue weighted by atomic mass is 10.1. The normalized spacial score (nSPS) is 19.0. The van der Waals surface area contributed by atoms with Crippen molar-refractivity contribution in [3.8, 4) is 11.5 Å². The Labute approximate surface area is 158 Å². The number of carbonyl (C=O) groups is 3. The van der Waals surface area contributed by atoms with Crippen LogP contribution in [-0.4, -0.2) is 49.6 Å². The van der Waals surface area contributed by atoms with Crippen molar-refractivity contribution in [2.75, 3.05) is 31.2 Å². The third-order valence-corrected chi connectivity index (χ3v) is 4.27. The van der Waals surface area contributed by atoms with Crippen molar-refractivity contribution in [2.45, 2.75) is 32.7 Å². The van der Waals surface area contributed by atoms with E-state index in [0.29, 0.717) is 30.4 Å². The van der Waals surface area contributed by atoms with Gasteiger partial charge in [0, 0.05) is 30.3 Å². The highest BCUT2D eigenvalue weighted by molar-refractivity contribution is 6.01. The molecule has 1 saturated heterocycles. The molecule has 8 heteroatoms. The van der Waals surface area contributed by atoms with Crippen LogP contribution in [0.1, 0.15) is 27.2 Å². The molecule has 2 N–H and O–H groups in total. The molecule has 3 rings (SSSR count). The van der Waals surface area contributed by atoms with Crippen LogP contribution in [0.25, 0.3) is 0 Å². The van der Waals surface area contributed by atoms with Crippen LogP contribution in [0.5, 0.6) is 11.5 Å². The number of amides is 3. The van der Waals surface area contributed by atoms with Gasteiger partial charge >= 0.3 is 0 Å². The zero-order chi connectivity index (χ0) is 19.6. The zero-order valence-corrected chi connectivity index (χ0v) is 15.8. The van der Waals surface area contributed by atoms with Crippen LogP contribution in [-0.2, 0) is 14.4 Å². The molecule has 0 bridgehead atoms. The Hall–Kier alpha value is -2.77. The van der Waals surface area contributed by atoms with Crippen LogP contribution in [0.15, 0.2) is 18.2 Å². The molecule has 0 unspecified atom stereocenters. The van der Waals surface area contributed by atoms with E-state index in [9.17, 15) is 14.4 Å². The zero-order valence-electron chi connectivity index (χ0n) is 15.8. The van der Waals surface area contributed by atoms with Crippen LogP contribution in [0.3, 0.4) is 0 Å². The second-order valence-electron chi connectivity index (χ2n) is 7.75. The number of nitrogens with one attached hydrogen (secondary N) is 2. The Morgan fingerprint density at radius 1 is 1.19 bits per heavy atom. The standard InChI is InChI=1S/C19H25N3O5/c1-19(2,3)21-16(23)10-20-18(25)12-8-17(24)22(11-12)13-4-5-14-15(9-13)27-7-6-26-14/h4-5,9,12H,6-8,10-11H2,1-3H3,(H,20,25)(H,21,23)/t12-/m1/s1. The number of benzene rings is 1. The van der Waals surface area contributed by atoms with Crippen molar-refractivity contribution in [1.29, 1.82) is 0 Å². The molecule has 0 radical (unpaired) electrons. The quantitative estimate of drug-likeness (QED) is 0.813. The second kappa shape index (κ2) is 7.46. The third-order valence-electron chi connectivity index (χ3n) is 4.27. The minimum atomic E-state index is -0.492. The molecule has 2 aliphatic rings. The van der Waals surface area contributed by atoms with Crippen molar-refractivity contribution >= 4 is 23.4 Å².